The van der Waals surface area contributed by atoms with Gasteiger partial charge in [0.15, 0.2) is 0 Å². The minimum Gasteiger partial charge on any atom is -0.489 e. The quantitative estimate of drug-likeness (QED) is 0.240. The Balaban J connectivity index is 1.81. The van der Waals surface area contributed by atoms with Gasteiger partial charge in [0.1, 0.15) is 16.9 Å². The third-order valence-electron chi connectivity index (χ3n) is 7.87. The molecular formula is C32H42ClN5O3. The van der Waals surface area contributed by atoms with Crippen molar-refractivity contribution in [2.45, 2.75) is 84.8 Å². The first-order valence-electron chi connectivity index (χ1n) is 14.8. The van der Waals surface area contributed by atoms with E-state index in [-0.39, 0.29) is 24.0 Å². The number of carbonyl (C=O) groups excluding carboxylic acids is 2. The van der Waals surface area contributed by atoms with Gasteiger partial charge in [0, 0.05) is 30.5 Å². The highest BCUT2D eigenvalue weighted by molar-refractivity contribution is 6.36. The zero-order chi connectivity index (χ0) is 29.5. The summed E-state index contributed by atoms with van der Waals surface area (Å²) in [6.07, 6.45) is 9.72. The van der Waals surface area contributed by atoms with Crippen molar-refractivity contribution < 1.29 is 14.3 Å². The first kappa shape index (κ1) is 30.6. The Kier molecular flexibility index (Phi) is 10.4. The van der Waals surface area contributed by atoms with E-state index in [1.165, 1.54) is 6.08 Å². The predicted octanol–water partition coefficient (Wildman–Crippen LogP) is 7.37. The standard InChI is InChI=1S/C32H42ClN5O3/c1-6-11-21(4)26(12-7-2)41-27-15-14-25-30(29(27)33)38(24-13-9-10-18-37(20-24)28(39)8-3)32(35-25)36-31(40)23-16-17-34-22(5)19-23/h8,14-17,19,21,24,26H,3,6-7,9-13,18,20H2,1-2,4-5H3,(H,35,36,40)/t21?,24-,26-/m1/s1. The molecule has 41 heavy (non-hydrogen) atoms. The number of rotatable bonds is 11. The molecule has 1 unspecified atom stereocenters. The molecule has 220 valence electrons. The van der Waals surface area contributed by atoms with Crippen LogP contribution in [0.25, 0.3) is 11.0 Å². The number of fused-ring (bicyclic) bond motifs is 1. The number of hydrogen-bond acceptors (Lipinski definition) is 5. The van der Waals surface area contributed by atoms with Gasteiger partial charge < -0.3 is 14.2 Å². The molecular weight excluding hydrogens is 538 g/mol. The van der Waals surface area contributed by atoms with E-state index in [1.807, 2.05) is 28.5 Å². The summed E-state index contributed by atoms with van der Waals surface area (Å²) in [7, 11) is 0. The number of halogens is 1. The number of hydrogen-bond donors (Lipinski definition) is 1. The average Bonchev–Trinajstić information content (AvgIpc) is 3.14. The molecule has 1 N–H and O–H groups in total. The van der Waals surface area contributed by atoms with E-state index >= 15 is 0 Å². The summed E-state index contributed by atoms with van der Waals surface area (Å²) >= 11 is 7.14. The Morgan fingerprint density at radius 1 is 1.22 bits per heavy atom. The van der Waals surface area contributed by atoms with Gasteiger partial charge in [-0.3, -0.25) is 19.9 Å². The van der Waals surface area contributed by atoms with Gasteiger partial charge in [0.2, 0.25) is 11.9 Å². The van der Waals surface area contributed by atoms with Crippen LogP contribution in [0.3, 0.4) is 0 Å². The van der Waals surface area contributed by atoms with Crippen LogP contribution in [-0.2, 0) is 4.79 Å². The van der Waals surface area contributed by atoms with Gasteiger partial charge in [0.25, 0.3) is 5.91 Å². The fraction of sp³-hybridized carbons (Fsp3) is 0.500. The van der Waals surface area contributed by atoms with Gasteiger partial charge in [-0.05, 0) is 75.3 Å². The number of aryl methyl sites for hydroxylation is 1. The zero-order valence-electron chi connectivity index (χ0n) is 24.7. The van der Waals surface area contributed by atoms with E-state index in [2.05, 4.69) is 37.7 Å². The van der Waals surface area contributed by atoms with Crippen molar-refractivity contribution in [3.63, 3.8) is 0 Å². The lowest BCUT2D eigenvalue weighted by Gasteiger charge is -2.27. The van der Waals surface area contributed by atoms with E-state index in [9.17, 15) is 9.59 Å². The van der Waals surface area contributed by atoms with Gasteiger partial charge in [0.05, 0.1) is 17.1 Å². The number of benzene rings is 1. The average molecular weight is 580 g/mol. The Morgan fingerprint density at radius 2 is 2.00 bits per heavy atom. The fourth-order valence-electron chi connectivity index (χ4n) is 5.73. The highest BCUT2D eigenvalue weighted by Gasteiger charge is 2.29. The van der Waals surface area contributed by atoms with Crippen LogP contribution < -0.4 is 10.1 Å². The molecule has 3 heterocycles. The molecule has 2 amide bonds. The third-order valence-corrected chi connectivity index (χ3v) is 8.23. The van der Waals surface area contributed by atoms with Crippen molar-refractivity contribution in [1.82, 2.24) is 19.4 Å². The van der Waals surface area contributed by atoms with Crippen LogP contribution in [0.15, 0.2) is 43.1 Å². The summed E-state index contributed by atoms with van der Waals surface area (Å²) in [4.78, 5) is 36.8. The summed E-state index contributed by atoms with van der Waals surface area (Å²) in [5.74, 6) is 0.985. The van der Waals surface area contributed by atoms with Gasteiger partial charge >= 0.3 is 0 Å². The summed E-state index contributed by atoms with van der Waals surface area (Å²) in [5.41, 5.74) is 2.59. The monoisotopic (exact) mass is 579 g/mol. The molecule has 1 saturated heterocycles. The Hall–Kier alpha value is -3.39. The van der Waals surface area contributed by atoms with Crippen LogP contribution in [0.2, 0.25) is 5.02 Å². The maximum absolute atomic E-state index is 13.3. The molecule has 2 aromatic heterocycles. The highest BCUT2D eigenvalue weighted by Crippen LogP contribution is 2.39. The van der Waals surface area contributed by atoms with Crippen molar-refractivity contribution in [3.05, 3.63) is 59.4 Å². The van der Waals surface area contributed by atoms with E-state index < -0.39 is 0 Å². The molecule has 1 aliphatic rings. The molecule has 3 aromatic rings. The number of likely N-dealkylation sites (tertiary alicyclic amines) is 1. The Labute approximate surface area is 248 Å². The van der Waals surface area contributed by atoms with E-state index in [4.69, 9.17) is 21.3 Å². The van der Waals surface area contributed by atoms with Crippen molar-refractivity contribution in [2.24, 2.45) is 5.92 Å². The number of pyridine rings is 1. The molecule has 0 radical (unpaired) electrons. The normalized spacial score (nSPS) is 17.1. The molecule has 0 aliphatic carbocycles. The second kappa shape index (κ2) is 14.0. The minimum atomic E-state index is -0.288. The van der Waals surface area contributed by atoms with Crippen molar-refractivity contribution in [2.75, 3.05) is 18.4 Å². The lowest BCUT2D eigenvalue weighted by atomic mass is 9.96. The molecule has 0 saturated carbocycles. The highest BCUT2D eigenvalue weighted by atomic mass is 35.5. The number of amides is 2. The number of anilines is 1. The first-order valence-corrected chi connectivity index (χ1v) is 15.2. The molecule has 4 rings (SSSR count). The minimum absolute atomic E-state index is 0.0407. The number of nitrogens with one attached hydrogen (secondary N) is 1. The number of aromatic nitrogens is 3. The Morgan fingerprint density at radius 3 is 2.71 bits per heavy atom. The number of nitrogens with zero attached hydrogens (tertiary/aromatic N) is 4. The van der Waals surface area contributed by atoms with Gasteiger partial charge in [-0.1, -0.05) is 51.8 Å². The first-order chi connectivity index (χ1) is 19.8. The van der Waals surface area contributed by atoms with Crippen molar-refractivity contribution >= 4 is 40.4 Å². The summed E-state index contributed by atoms with van der Waals surface area (Å²) in [6, 6.07) is 7.04. The molecule has 8 nitrogen and oxygen atoms in total. The van der Waals surface area contributed by atoms with Gasteiger partial charge in [-0.15, -0.1) is 0 Å². The number of ether oxygens (including phenoxy) is 1. The predicted molar refractivity (Wildman–Crippen MR) is 165 cm³/mol. The van der Waals surface area contributed by atoms with E-state index in [1.54, 1.807) is 18.3 Å². The van der Waals surface area contributed by atoms with Crippen LogP contribution in [-0.4, -0.2) is 50.4 Å². The molecule has 0 bridgehead atoms. The molecule has 3 atom stereocenters. The van der Waals surface area contributed by atoms with Crippen molar-refractivity contribution in [3.8, 4) is 5.75 Å². The molecule has 0 spiro atoms. The smallest absolute Gasteiger partial charge is 0.258 e. The van der Waals surface area contributed by atoms with Crippen LogP contribution in [0.1, 0.15) is 87.8 Å². The van der Waals surface area contributed by atoms with Gasteiger partial charge in [-0.2, -0.15) is 0 Å². The molecule has 1 fully saturated rings. The maximum Gasteiger partial charge on any atom is 0.258 e. The lowest BCUT2D eigenvalue weighted by molar-refractivity contribution is -0.126. The van der Waals surface area contributed by atoms with Gasteiger partial charge in [-0.25, -0.2) is 4.98 Å². The van der Waals surface area contributed by atoms with Crippen LogP contribution in [0.4, 0.5) is 5.95 Å². The second-order valence-corrected chi connectivity index (χ2v) is 11.4. The summed E-state index contributed by atoms with van der Waals surface area (Å²) < 4.78 is 8.58. The fourth-order valence-corrected chi connectivity index (χ4v) is 6.03. The SMILES string of the molecule is C=CC(=O)N1CCCC[C@@H](n2c(NC(=O)c3ccnc(C)c3)nc3ccc(O[C@H](CCC)C(C)CCC)c(Cl)c32)C1. The zero-order valence-corrected chi connectivity index (χ0v) is 25.4. The summed E-state index contributed by atoms with van der Waals surface area (Å²) in [5, 5.41) is 3.49. The molecule has 9 heteroatoms. The largest absolute Gasteiger partial charge is 0.489 e. The molecule has 1 aromatic carbocycles. The topological polar surface area (TPSA) is 89.4 Å². The van der Waals surface area contributed by atoms with Crippen LogP contribution in [0, 0.1) is 12.8 Å². The third kappa shape index (κ3) is 7.10. The lowest BCUT2D eigenvalue weighted by Crippen LogP contribution is -2.34. The maximum atomic E-state index is 13.3. The van der Waals surface area contributed by atoms with Crippen LogP contribution in [0.5, 0.6) is 5.75 Å². The van der Waals surface area contributed by atoms with Crippen LogP contribution >= 0.6 is 11.6 Å². The van der Waals surface area contributed by atoms with E-state index in [0.29, 0.717) is 52.3 Å². The Bertz CT molecular complexity index is 1390. The number of carbonyl (C=O) groups is 2. The second-order valence-electron chi connectivity index (χ2n) is 11.0. The van der Waals surface area contributed by atoms with E-state index in [0.717, 1.165) is 50.6 Å². The summed E-state index contributed by atoms with van der Waals surface area (Å²) in [6.45, 7) is 13.2. The number of imidazole rings is 1. The van der Waals surface area contributed by atoms with Crippen molar-refractivity contribution in [1.29, 1.82) is 0 Å². The molecule has 1 aliphatic heterocycles.